The number of aryl methyl sites for hydroxylation is 1. The monoisotopic (exact) mass is 360 g/mol. The summed E-state index contributed by atoms with van der Waals surface area (Å²) in [5.41, 5.74) is 0.992. The molecule has 1 amide bonds. The average Bonchev–Trinajstić information content (AvgIpc) is 2.90. The molecule has 0 radical (unpaired) electrons. The summed E-state index contributed by atoms with van der Waals surface area (Å²) >= 11 is 1.41. The predicted octanol–water partition coefficient (Wildman–Crippen LogP) is 2.53. The highest BCUT2D eigenvalue weighted by Crippen LogP contribution is 2.15. The van der Waals surface area contributed by atoms with Crippen LogP contribution in [0.15, 0.2) is 64.5 Å². The lowest BCUT2D eigenvalue weighted by Crippen LogP contribution is -2.15. The minimum absolute atomic E-state index is 0.133. The second-order valence-corrected chi connectivity index (χ2v) is 8.42. The molecule has 5 nitrogen and oxygen atoms in total. The highest BCUT2D eigenvalue weighted by atomic mass is 32.2. The average molecular weight is 360 g/mol. The summed E-state index contributed by atoms with van der Waals surface area (Å²) in [5.74, 6) is -0.676. The number of para-hydroxylation sites is 1. The van der Waals surface area contributed by atoms with Gasteiger partial charge in [0.25, 0.3) is 0 Å². The van der Waals surface area contributed by atoms with E-state index in [0.29, 0.717) is 4.80 Å². The summed E-state index contributed by atoms with van der Waals surface area (Å²) in [7, 11) is -1.63. The van der Waals surface area contributed by atoms with E-state index in [4.69, 9.17) is 0 Å². The van der Waals surface area contributed by atoms with Gasteiger partial charge < -0.3 is 4.57 Å². The Morgan fingerprint density at radius 1 is 1.08 bits per heavy atom. The van der Waals surface area contributed by atoms with Crippen LogP contribution in [-0.2, 0) is 21.7 Å². The third kappa shape index (κ3) is 3.47. The SMILES string of the molecule is Cn1c(=NC(=O)CCS(=O)(=O)c2ccccc2)sc2ccccc21. The van der Waals surface area contributed by atoms with Crippen molar-refractivity contribution in [2.45, 2.75) is 11.3 Å². The lowest BCUT2D eigenvalue weighted by molar-refractivity contribution is -0.117. The van der Waals surface area contributed by atoms with Crippen molar-refractivity contribution in [3.8, 4) is 0 Å². The van der Waals surface area contributed by atoms with E-state index < -0.39 is 15.7 Å². The van der Waals surface area contributed by atoms with E-state index in [1.807, 2.05) is 35.9 Å². The molecule has 7 heteroatoms. The lowest BCUT2D eigenvalue weighted by atomic mass is 10.3. The van der Waals surface area contributed by atoms with E-state index in [9.17, 15) is 13.2 Å². The molecule has 1 heterocycles. The van der Waals surface area contributed by atoms with Crippen molar-refractivity contribution < 1.29 is 13.2 Å². The van der Waals surface area contributed by atoms with Gasteiger partial charge in [0.05, 0.1) is 20.9 Å². The van der Waals surface area contributed by atoms with E-state index >= 15 is 0 Å². The number of nitrogens with zero attached hydrogens (tertiary/aromatic N) is 2. The van der Waals surface area contributed by atoms with Crippen LogP contribution in [-0.4, -0.2) is 24.6 Å². The van der Waals surface area contributed by atoms with Crippen LogP contribution in [0, 0.1) is 0 Å². The first-order valence-electron chi connectivity index (χ1n) is 7.37. The largest absolute Gasteiger partial charge is 0.319 e. The van der Waals surface area contributed by atoms with Crippen LogP contribution in [0.25, 0.3) is 10.2 Å². The number of carbonyl (C=O) groups is 1. The third-order valence-corrected chi connectivity index (χ3v) is 6.47. The fourth-order valence-electron chi connectivity index (χ4n) is 2.32. The zero-order chi connectivity index (χ0) is 17.2. The van der Waals surface area contributed by atoms with Crippen molar-refractivity contribution in [1.82, 2.24) is 4.57 Å². The first kappa shape index (κ1) is 16.6. The summed E-state index contributed by atoms with van der Waals surface area (Å²) in [5, 5.41) is 0. The maximum absolute atomic E-state index is 12.2. The molecule has 0 aliphatic carbocycles. The van der Waals surface area contributed by atoms with Crippen molar-refractivity contribution in [3.63, 3.8) is 0 Å². The molecule has 3 aromatic rings. The van der Waals surface area contributed by atoms with Crippen LogP contribution in [0.1, 0.15) is 6.42 Å². The molecule has 0 aliphatic heterocycles. The minimum Gasteiger partial charge on any atom is -0.319 e. The second kappa shape index (κ2) is 6.70. The van der Waals surface area contributed by atoms with E-state index in [-0.39, 0.29) is 17.1 Å². The number of benzene rings is 2. The number of thiazole rings is 1. The Morgan fingerprint density at radius 2 is 1.75 bits per heavy atom. The first-order valence-corrected chi connectivity index (χ1v) is 9.84. The predicted molar refractivity (Wildman–Crippen MR) is 94.5 cm³/mol. The van der Waals surface area contributed by atoms with Crippen LogP contribution in [0.4, 0.5) is 0 Å². The van der Waals surface area contributed by atoms with Gasteiger partial charge in [-0.2, -0.15) is 4.99 Å². The number of aromatic nitrogens is 1. The van der Waals surface area contributed by atoms with Gasteiger partial charge in [-0.05, 0) is 24.3 Å². The Labute approximate surface area is 143 Å². The van der Waals surface area contributed by atoms with Crippen LogP contribution in [0.2, 0.25) is 0 Å². The topological polar surface area (TPSA) is 68.5 Å². The molecule has 1 aromatic heterocycles. The standard InChI is InChI=1S/C17H16N2O3S2/c1-19-14-9-5-6-10-15(14)23-17(19)18-16(20)11-12-24(21,22)13-7-3-2-4-8-13/h2-10H,11-12H2,1H3. The van der Waals surface area contributed by atoms with Crippen molar-refractivity contribution >= 4 is 37.3 Å². The molecule has 0 N–H and O–H groups in total. The van der Waals surface area contributed by atoms with Crippen LogP contribution in [0.3, 0.4) is 0 Å². The Kier molecular flexibility index (Phi) is 4.64. The number of rotatable bonds is 4. The van der Waals surface area contributed by atoms with E-state index in [2.05, 4.69) is 4.99 Å². The van der Waals surface area contributed by atoms with E-state index in [0.717, 1.165) is 10.2 Å². The van der Waals surface area contributed by atoms with Gasteiger partial charge in [-0.15, -0.1) is 0 Å². The van der Waals surface area contributed by atoms with Gasteiger partial charge in [-0.25, -0.2) is 8.42 Å². The van der Waals surface area contributed by atoms with Crippen molar-refractivity contribution in [3.05, 3.63) is 59.4 Å². The fraction of sp³-hybridized carbons (Fsp3) is 0.176. The Hall–Kier alpha value is -2.25. The maximum Gasteiger partial charge on any atom is 0.249 e. The summed E-state index contributed by atoms with van der Waals surface area (Å²) in [4.78, 5) is 16.9. The van der Waals surface area contributed by atoms with Gasteiger partial charge in [0.2, 0.25) is 5.91 Å². The van der Waals surface area contributed by atoms with Gasteiger partial charge in [-0.3, -0.25) is 4.79 Å². The van der Waals surface area contributed by atoms with Gasteiger partial charge >= 0.3 is 0 Å². The van der Waals surface area contributed by atoms with Crippen molar-refractivity contribution in [2.24, 2.45) is 12.0 Å². The highest BCUT2D eigenvalue weighted by molar-refractivity contribution is 7.91. The fourth-order valence-corrected chi connectivity index (χ4v) is 4.60. The molecule has 24 heavy (non-hydrogen) atoms. The third-order valence-electron chi connectivity index (χ3n) is 3.62. The molecule has 0 unspecified atom stereocenters. The molecule has 0 aliphatic rings. The lowest BCUT2D eigenvalue weighted by Gasteiger charge is -2.02. The van der Waals surface area contributed by atoms with Crippen molar-refractivity contribution in [2.75, 3.05) is 5.75 Å². The summed E-state index contributed by atoms with van der Waals surface area (Å²) < 4.78 is 27.3. The smallest absolute Gasteiger partial charge is 0.249 e. The molecule has 0 atom stereocenters. The molecule has 0 saturated carbocycles. The number of amides is 1. The first-order chi connectivity index (χ1) is 11.5. The van der Waals surface area contributed by atoms with Crippen LogP contribution >= 0.6 is 11.3 Å². The van der Waals surface area contributed by atoms with Crippen LogP contribution < -0.4 is 4.80 Å². The van der Waals surface area contributed by atoms with Crippen molar-refractivity contribution in [1.29, 1.82) is 0 Å². The number of fused-ring (bicyclic) bond motifs is 1. The summed E-state index contributed by atoms with van der Waals surface area (Å²) in [6, 6.07) is 15.9. The van der Waals surface area contributed by atoms with E-state index in [1.165, 1.54) is 23.5 Å². The quantitative estimate of drug-likeness (QED) is 0.718. The molecule has 2 aromatic carbocycles. The Bertz CT molecular complexity index is 1050. The molecule has 3 rings (SSSR count). The summed E-state index contributed by atoms with van der Waals surface area (Å²) in [6.07, 6.45) is -0.133. The molecular weight excluding hydrogens is 344 g/mol. The normalized spacial score (nSPS) is 12.6. The van der Waals surface area contributed by atoms with Gasteiger partial charge in [0, 0.05) is 13.5 Å². The molecule has 0 saturated heterocycles. The zero-order valence-electron chi connectivity index (χ0n) is 13.0. The molecular formula is C17H16N2O3S2. The Balaban J connectivity index is 1.79. The van der Waals surface area contributed by atoms with Gasteiger partial charge in [0.15, 0.2) is 14.6 Å². The van der Waals surface area contributed by atoms with Gasteiger partial charge in [-0.1, -0.05) is 41.7 Å². The Morgan fingerprint density at radius 3 is 2.46 bits per heavy atom. The zero-order valence-corrected chi connectivity index (χ0v) is 14.7. The number of hydrogen-bond acceptors (Lipinski definition) is 4. The van der Waals surface area contributed by atoms with Crippen LogP contribution in [0.5, 0.6) is 0 Å². The summed E-state index contributed by atoms with van der Waals surface area (Å²) in [6.45, 7) is 0. The number of hydrogen-bond donors (Lipinski definition) is 0. The highest BCUT2D eigenvalue weighted by Gasteiger charge is 2.16. The molecule has 0 spiro atoms. The molecule has 0 bridgehead atoms. The van der Waals surface area contributed by atoms with Gasteiger partial charge in [0.1, 0.15) is 0 Å². The van der Waals surface area contributed by atoms with E-state index in [1.54, 1.807) is 18.2 Å². The number of sulfone groups is 1. The number of carbonyl (C=O) groups excluding carboxylic acids is 1. The molecule has 124 valence electrons. The maximum atomic E-state index is 12.2. The molecule has 0 fully saturated rings. The minimum atomic E-state index is -3.47. The second-order valence-electron chi connectivity index (χ2n) is 5.30.